The van der Waals surface area contributed by atoms with Gasteiger partial charge >= 0.3 is 0 Å². The maximum absolute atomic E-state index is 11.7. The molecule has 0 aliphatic carbocycles. The van der Waals surface area contributed by atoms with Crippen LogP contribution in [-0.4, -0.2) is 36.7 Å². The fraction of sp³-hybridized carbons (Fsp3) is 0.929. The molecule has 4 nitrogen and oxygen atoms in total. The Balaban J connectivity index is 2.62. The maximum Gasteiger partial charge on any atom is 0.226 e. The maximum atomic E-state index is 11.7. The van der Waals surface area contributed by atoms with E-state index < -0.39 is 5.41 Å². The number of hydrogen-bond donors (Lipinski definition) is 2. The van der Waals surface area contributed by atoms with Crippen molar-refractivity contribution >= 4 is 5.91 Å². The highest BCUT2D eigenvalue weighted by Gasteiger charge is 2.46. The van der Waals surface area contributed by atoms with Crippen molar-refractivity contribution in [2.45, 2.75) is 65.2 Å². The van der Waals surface area contributed by atoms with Gasteiger partial charge in [0.05, 0.1) is 16.6 Å². The Morgan fingerprint density at radius 1 is 1.33 bits per heavy atom. The third kappa shape index (κ3) is 3.45. The number of rotatable bonds is 4. The average molecular weight is 256 g/mol. The summed E-state index contributed by atoms with van der Waals surface area (Å²) in [6.07, 6.45) is 0.962. The lowest BCUT2D eigenvalue weighted by Crippen LogP contribution is -2.50. The van der Waals surface area contributed by atoms with Crippen molar-refractivity contribution in [3.63, 3.8) is 0 Å². The van der Waals surface area contributed by atoms with Crippen LogP contribution < -0.4 is 10.6 Å². The quantitative estimate of drug-likeness (QED) is 0.805. The second-order valence-corrected chi connectivity index (χ2v) is 7.07. The summed E-state index contributed by atoms with van der Waals surface area (Å²) in [5, 5.41) is 6.20. The van der Waals surface area contributed by atoms with E-state index in [1.165, 1.54) is 0 Å². The summed E-state index contributed by atoms with van der Waals surface area (Å²) in [5.74, 6) is 0.0611. The predicted octanol–water partition coefficient (Wildman–Crippen LogP) is 1.69. The minimum atomic E-state index is -0.405. The molecule has 0 spiro atoms. The molecule has 0 aromatic rings. The molecule has 1 aliphatic rings. The first-order chi connectivity index (χ1) is 8.00. The molecule has 1 saturated heterocycles. The molecule has 0 bridgehead atoms. The molecule has 1 aliphatic heterocycles. The summed E-state index contributed by atoms with van der Waals surface area (Å²) in [6.45, 7) is 13.0. The molecule has 0 saturated carbocycles. The molecule has 1 amide bonds. The summed E-state index contributed by atoms with van der Waals surface area (Å²) in [7, 11) is 1.68. The van der Waals surface area contributed by atoms with Gasteiger partial charge in [0.25, 0.3) is 0 Å². The monoisotopic (exact) mass is 256 g/mol. The van der Waals surface area contributed by atoms with Crippen LogP contribution in [-0.2, 0) is 9.53 Å². The predicted molar refractivity (Wildman–Crippen MR) is 73.5 cm³/mol. The van der Waals surface area contributed by atoms with Gasteiger partial charge < -0.3 is 15.4 Å². The molecule has 0 unspecified atom stereocenters. The lowest BCUT2D eigenvalue weighted by molar-refractivity contribution is -0.128. The summed E-state index contributed by atoms with van der Waals surface area (Å²) in [5.41, 5.74) is -0.696. The van der Waals surface area contributed by atoms with E-state index in [0.717, 1.165) is 6.42 Å². The van der Waals surface area contributed by atoms with Crippen molar-refractivity contribution < 1.29 is 9.53 Å². The molecule has 0 radical (unpaired) electrons. The molecular formula is C14H28N2O2. The number of nitrogens with one attached hydrogen (secondary N) is 2. The van der Waals surface area contributed by atoms with Gasteiger partial charge in [0.15, 0.2) is 0 Å². The van der Waals surface area contributed by atoms with Crippen LogP contribution >= 0.6 is 0 Å². The SMILES string of the molecule is CNC(=O)C(C)(C)CN[C@H]1CC(C)(C)OC1(C)C. The van der Waals surface area contributed by atoms with Gasteiger partial charge in [0.1, 0.15) is 0 Å². The van der Waals surface area contributed by atoms with Gasteiger partial charge in [-0.1, -0.05) is 0 Å². The van der Waals surface area contributed by atoms with Crippen molar-refractivity contribution in [3.05, 3.63) is 0 Å². The van der Waals surface area contributed by atoms with Crippen LogP contribution in [0.5, 0.6) is 0 Å². The Morgan fingerprint density at radius 3 is 2.28 bits per heavy atom. The Labute approximate surface area is 111 Å². The molecule has 1 atom stereocenters. The van der Waals surface area contributed by atoms with Crippen LogP contribution in [0.25, 0.3) is 0 Å². The van der Waals surface area contributed by atoms with Crippen LogP contribution in [0.2, 0.25) is 0 Å². The highest BCUT2D eigenvalue weighted by Crippen LogP contribution is 2.37. The Kier molecular flexibility index (Phi) is 4.13. The van der Waals surface area contributed by atoms with E-state index in [9.17, 15) is 4.79 Å². The van der Waals surface area contributed by atoms with Crippen LogP contribution in [0.1, 0.15) is 48.0 Å². The lowest BCUT2D eigenvalue weighted by atomic mass is 9.89. The van der Waals surface area contributed by atoms with E-state index in [4.69, 9.17) is 4.74 Å². The first-order valence-electron chi connectivity index (χ1n) is 6.66. The van der Waals surface area contributed by atoms with E-state index in [1.54, 1.807) is 7.05 Å². The number of ether oxygens (including phenoxy) is 1. The van der Waals surface area contributed by atoms with Gasteiger partial charge in [-0.3, -0.25) is 4.79 Å². The molecule has 0 aromatic heterocycles. The van der Waals surface area contributed by atoms with E-state index in [2.05, 4.69) is 38.3 Å². The number of hydrogen-bond acceptors (Lipinski definition) is 3. The van der Waals surface area contributed by atoms with Crippen LogP contribution in [0.15, 0.2) is 0 Å². The van der Waals surface area contributed by atoms with Crippen LogP contribution in [0.4, 0.5) is 0 Å². The Morgan fingerprint density at radius 2 is 1.89 bits per heavy atom. The molecule has 1 fully saturated rings. The first-order valence-corrected chi connectivity index (χ1v) is 6.66. The fourth-order valence-electron chi connectivity index (χ4n) is 2.68. The van der Waals surface area contributed by atoms with Crippen molar-refractivity contribution in [3.8, 4) is 0 Å². The molecule has 1 rings (SSSR count). The molecule has 18 heavy (non-hydrogen) atoms. The zero-order valence-corrected chi connectivity index (χ0v) is 12.8. The smallest absolute Gasteiger partial charge is 0.226 e. The van der Waals surface area contributed by atoms with Crippen molar-refractivity contribution in [2.24, 2.45) is 5.41 Å². The number of carbonyl (C=O) groups excluding carboxylic acids is 1. The standard InChI is InChI=1S/C14H28N2O2/c1-12(2,11(17)15-7)9-16-10-8-13(3,4)18-14(10,5)6/h10,16H,8-9H2,1-7H3,(H,15,17)/t10-/m0/s1. The molecular weight excluding hydrogens is 228 g/mol. The van der Waals surface area contributed by atoms with Gasteiger partial charge in [-0.15, -0.1) is 0 Å². The third-order valence-electron chi connectivity index (χ3n) is 3.71. The van der Waals surface area contributed by atoms with E-state index in [1.807, 2.05) is 13.8 Å². The molecule has 2 N–H and O–H groups in total. The Bertz CT molecular complexity index is 322. The first kappa shape index (κ1) is 15.4. The van der Waals surface area contributed by atoms with Gasteiger partial charge in [0.2, 0.25) is 5.91 Å². The summed E-state index contributed by atoms with van der Waals surface area (Å²) in [4.78, 5) is 11.7. The lowest BCUT2D eigenvalue weighted by Gasteiger charge is -2.31. The molecule has 106 valence electrons. The summed E-state index contributed by atoms with van der Waals surface area (Å²) in [6, 6.07) is 0.274. The van der Waals surface area contributed by atoms with E-state index in [0.29, 0.717) is 6.54 Å². The highest BCUT2D eigenvalue weighted by molar-refractivity contribution is 5.81. The zero-order chi connectivity index (χ0) is 14.2. The van der Waals surface area contributed by atoms with Gasteiger partial charge in [-0.25, -0.2) is 0 Å². The van der Waals surface area contributed by atoms with Crippen molar-refractivity contribution in [2.75, 3.05) is 13.6 Å². The summed E-state index contributed by atoms with van der Waals surface area (Å²) >= 11 is 0. The molecule has 0 aromatic carbocycles. The normalized spacial score (nSPS) is 26.1. The fourth-order valence-corrected chi connectivity index (χ4v) is 2.68. The minimum absolute atomic E-state index is 0.0611. The second-order valence-electron chi connectivity index (χ2n) is 7.07. The van der Waals surface area contributed by atoms with Gasteiger partial charge in [-0.2, -0.15) is 0 Å². The molecule has 1 heterocycles. The average Bonchev–Trinajstić information content (AvgIpc) is 2.42. The van der Waals surface area contributed by atoms with Gasteiger partial charge in [0, 0.05) is 19.6 Å². The third-order valence-corrected chi connectivity index (χ3v) is 3.71. The number of carbonyl (C=O) groups is 1. The van der Waals surface area contributed by atoms with Crippen LogP contribution in [0, 0.1) is 5.41 Å². The second kappa shape index (κ2) is 4.82. The van der Waals surface area contributed by atoms with E-state index >= 15 is 0 Å². The minimum Gasteiger partial charge on any atom is -0.368 e. The zero-order valence-electron chi connectivity index (χ0n) is 12.8. The van der Waals surface area contributed by atoms with Gasteiger partial charge in [-0.05, 0) is 48.0 Å². The number of amides is 1. The highest BCUT2D eigenvalue weighted by atomic mass is 16.5. The largest absolute Gasteiger partial charge is 0.368 e. The van der Waals surface area contributed by atoms with Crippen molar-refractivity contribution in [1.82, 2.24) is 10.6 Å². The molecule has 4 heteroatoms. The topological polar surface area (TPSA) is 50.4 Å². The summed E-state index contributed by atoms with van der Waals surface area (Å²) < 4.78 is 6.04. The van der Waals surface area contributed by atoms with E-state index in [-0.39, 0.29) is 23.2 Å². The van der Waals surface area contributed by atoms with Crippen molar-refractivity contribution in [1.29, 1.82) is 0 Å². The van der Waals surface area contributed by atoms with Crippen LogP contribution in [0.3, 0.4) is 0 Å². The Hall–Kier alpha value is -0.610.